The van der Waals surface area contributed by atoms with Crippen molar-refractivity contribution in [3.63, 3.8) is 0 Å². The van der Waals surface area contributed by atoms with E-state index < -0.39 is 9.28 Å². The standard InChI is InChI=1S/C10H23O2Si/c1-5-9-10(6-2)13(11-7-3)12-8-4/h10,13H,2,5-9H2,1,3-4H3. The second kappa shape index (κ2) is 8.72. The molecule has 0 aliphatic rings. The molecular weight excluding hydrogens is 180 g/mol. The molecule has 0 aliphatic heterocycles. The Kier molecular flexibility index (Phi) is 8.81. The predicted octanol–water partition coefficient (Wildman–Crippen LogP) is 2.67. The van der Waals surface area contributed by atoms with Crippen LogP contribution in [0.3, 0.4) is 0 Å². The highest BCUT2D eigenvalue weighted by atomic mass is 28.3. The van der Waals surface area contributed by atoms with Crippen molar-refractivity contribution in [3.05, 3.63) is 6.92 Å². The molecule has 1 radical (unpaired) electrons. The molecule has 1 atom stereocenters. The molecule has 13 heavy (non-hydrogen) atoms. The van der Waals surface area contributed by atoms with Crippen LogP contribution >= 0.6 is 0 Å². The van der Waals surface area contributed by atoms with Crippen molar-refractivity contribution < 1.29 is 8.85 Å². The number of rotatable bonds is 8. The fourth-order valence-electron chi connectivity index (χ4n) is 1.44. The molecule has 0 aliphatic carbocycles. The quantitative estimate of drug-likeness (QED) is 0.565. The molecule has 0 amide bonds. The summed E-state index contributed by atoms with van der Waals surface area (Å²) in [5, 5.41) is 0. The van der Waals surface area contributed by atoms with Crippen LogP contribution in [-0.2, 0) is 8.85 Å². The minimum Gasteiger partial charge on any atom is -0.397 e. The molecule has 0 aromatic rings. The molecule has 79 valence electrons. The maximum atomic E-state index is 5.66. The van der Waals surface area contributed by atoms with E-state index in [-0.39, 0.29) is 0 Å². The molecule has 0 saturated heterocycles. The largest absolute Gasteiger partial charge is 0.397 e. The summed E-state index contributed by atoms with van der Waals surface area (Å²) >= 11 is 0. The van der Waals surface area contributed by atoms with Gasteiger partial charge in [0.05, 0.1) is 0 Å². The van der Waals surface area contributed by atoms with E-state index in [1.807, 2.05) is 13.8 Å². The summed E-state index contributed by atoms with van der Waals surface area (Å²) in [5.74, 6) is 0. The molecule has 0 N–H and O–H groups in total. The zero-order valence-electron chi connectivity index (χ0n) is 9.21. The Bertz CT molecular complexity index is 103. The average molecular weight is 203 g/mol. The van der Waals surface area contributed by atoms with Crippen LogP contribution in [0.4, 0.5) is 0 Å². The second-order valence-corrected chi connectivity index (χ2v) is 5.46. The van der Waals surface area contributed by atoms with Crippen LogP contribution in [0.1, 0.15) is 40.0 Å². The van der Waals surface area contributed by atoms with E-state index in [2.05, 4.69) is 13.8 Å². The van der Waals surface area contributed by atoms with Gasteiger partial charge in [0.15, 0.2) is 0 Å². The third-order valence-corrected chi connectivity index (χ3v) is 4.84. The fourth-order valence-corrected chi connectivity index (χ4v) is 3.61. The van der Waals surface area contributed by atoms with E-state index in [0.717, 1.165) is 19.6 Å². The molecule has 0 heterocycles. The SMILES string of the molecule is [CH2]CC(CCC)[SiH](OCC)OCC. The van der Waals surface area contributed by atoms with Gasteiger partial charge in [-0.2, -0.15) is 0 Å². The third kappa shape index (κ3) is 5.44. The molecule has 0 saturated carbocycles. The molecule has 0 spiro atoms. The molecular formula is C10H23O2Si. The smallest absolute Gasteiger partial charge is 0.324 e. The lowest BCUT2D eigenvalue weighted by Crippen LogP contribution is -2.29. The Balaban J connectivity index is 3.94. The monoisotopic (exact) mass is 203 g/mol. The maximum absolute atomic E-state index is 5.66. The van der Waals surface area contributed by atoms with Gasteiger partial charge in [0, 0.05) is 13.2 Å². The van der Waals surface area contributed by atoms with Crippen molar-refractivity contribution in [1.82, 2.24) is 0 Å². The molecule has 3 heteroatoms. The van der Waals surface area contributed by atoms with E-state index in [4.69, 9.17) is 8.85 Å². The molecule has 0 fully saturated rings. The van der Waals surface area contributed by atoms with Gasteiger partial charge in [0.1, 0.15) is 0 Å². The average Bonchev–Trinajstić information content (AvgIpc) is 2.14. The highest BCUT2D eigenvalue weighted by Gasteiger charge is 2.22. The van der Waals surface area contributed by atoms with Crippen LogP contribution in [0.25, 0.3) is 0 Å². The van der Waals surface area contributed by atoms with Crippen molar-refractivity contribution in [3.8, 4) is 0 Å². The first-order valence-corrected chi connectivity index (χ1v) is 6.93. The molecule has 0 bridgehead atoms. The maximum Gasteiger partial charge on any atom is 0.324 e. The van der Waals surface area contributed by atoms with Crippen LogP contribution in [-0.4, -0.2) is 22.5 Å². The van der Waals surface area contributed by atoms with Gasteiger partial charge in [-0.1, -0.05) is 20.3 Å². The predicted molar refractivity (Wildman–Crippen MR) is 59.0 cm³/mol. The summed E-state index contributed by atoms with van der Waals surface area (Å²) < 4.78 is 11.3. The Morgan fingerprint density at radius 3 is 2.00 bits per heavy atom. The highest BCUT2D eigenvalue weighted by Crippen LogP contribution is 2.22. The summed E-state index contributed by atoms with van der Waals surface area (Å²) in [6.45, 7) is 11.8. The Labute approximate surface area is 84.5 Å². The first-order chi connectivity index (χ1) is 6.29. The Morgan fingerprint density at radius 1 is 1.15 bits per heavy atom. The first-order valence-electron chi connectivity index (χ1n) is 5.32. The van der Waals surface area contributed by atoms with Gasteiger partial charge in [-0.15, -0.1) is 0 Å². The minimum atomic E-state index is -1.43. The summed E-state index contributed by atoms with van der Waals surface area (Å²) in [5.41, 5.74) is 0.588. The van der Waals surface area contributed by atoms with Crippen molar-refractivity contribution in [1.29, 1.82) is 0 Å². The molecule has 0 aromatic heterocycles. The summed E-state index contributed by atoms with van der Waals surface area (Å²) in [6, 6.07) is 0. The van der Waals surface area contributed by atoms with E-state index in [1.54, 1.807) is 0 Å². The zero-order chi connectivity index (χ0) is 10.1. The van der Waals surface area contributed by atoms with E-state index in [1.165, 1.54) is 12.8 Å². The molecule has 1 unspecified atom stereocenters. The summed E-state index contributed by atoms with van der Waals surface area (Å²) in [4.78, 5) is 0. The van der Waals surface area contributed by atoms with E-state index >= 15 is 0 Å². The van der Waals surface area contributed by atoms with Gasteiger partial charge in [0.25, 0.3) is 0 Å². The van der Waals surface area contributed by atoms with Crippen LogP contribution in [0.15, 0.2) is 0 Å². The zero-order valence-corrected chi connectivity index (χ0v) is 10.4. The number of hydrogen-bond donors (Lipinski definition) is 0. The van der Waals surface area contributed by atoms with Crippen molar-refractivity contribution in [2.75, 3.05) is 13.2 Å². The van der Waals surface area contributed by atoms with Crippen LogP contribution in [0.2, 0.25) is 5.54 Å². The van der Waals surface area contributed by atoms with E-state index in [0.29, 0.717) is 5.54 Å². The van der Waals surface area contributed by atoms with E-state index in [9.17, 15) is 0 Å². The lowest BCUT2D eigenvalue weighted by atomic mass is 10.2. The van der Waals surface area contributed by atoms with Crippen LogP contribution in [0.5, 0.6) is 0 Å². The van der Waals surface area contributed by atoms with Crippen LogP contribution < -0.4 is 0 Å². The minimum absolute atomic E-state index is 0.588. The highest BCUT2D eigenvalue weighted by molar-refractivity contribution is 6.46. The summed E-state index contributed by atoms with van der Waals surface area (Å²) in [6.07, 6.45) is 3.34. The molecule has 2 nitrogen and oxygen atoms in total. The lowest BCUT2D eigenvalue weighted by molar-refractivity contribution is 0.201. The van der Waals surface area contributed by atoms with Gasteiger partial charge in [-0.05, 0) is 32.2 Å². The van der Waals surface area contributed by atoms with Gasteiger partial charge in [-0.25, -0.2) is 0 Å². The van der Waals surface area contributed by atoms with Crippen molar-refractivity contribution in [2.45, 2.75) is 45.6 Å². The Morgan fingerprint density at radius 2 is 1.69 bits per heavy atom. The Hall–Kier alpha value is 0.137. The number of hydrogen-bond acceptors (Lipinski definition) is 2. The second-order valence-electron chi connectivity index (χ2n) is 3.12. The molecule has 0 rings (SSSR count). The lowest BCUT2D eigenvalue weighted by Gasteiger charge is -2.23. The van der Waals surface area contributed by atoms with Gasteiger partial charge >= 0.3 is 9.28 Å². The van der Waals surface area contributed by atoms with Crippen molar-refractivity contribution in [2.24, 2.45) is 0 Å². The fraction of sp³-hybridized carbons (Fsp3) is 0.900. The third-order valence-electron chi connectivity index (χ3n) is 2.08. The normalized spacial score (nSPS) is 13.6. The summed E-state index contributed by atoms with van der Waals surface area (Å²) in [7, 11) is -1.43. The van der Waals surface area contributed by atoms with Crippen molar-refractivity contribution >= 4 is 9.28 Å². The topological polar surface area (TPSA) is 18.5 Å². The van der Waals surface area contributed by atoms with Gasteiger partial charge < -0.3 is 8.85 Å². The molecule has 0 aromatic carbocycles. The van der Waals surface area contributed by atoms with Crippen LogP contribution in [0, 0.1) is 6.92 Å². The van der Waals surface area contributed by atoms with Gasteiger partial charge in [0.2, 0.25) is 0 Å². The van der Waals surface area contributed by atoms with Gasteiger partial charge in [-0.3, -0.25) is 0 Å². The first kappa shape index (κ1) is 13.1.